The van der Waals surface area contributed by atoms with Crippen LogP contribution in [0.5, 0.6) is 0 Å². The summed E-state index contributed by atoms with van der Waals surface area (Å²) in [6.07, 6.45) is 0. The van der Waals surface area contributed by atoms with Gasteiger partial charge in [0.05, 0.1) is 0 Å². The van der Waals surface area contributed by atoms with Crippen LogP contribution in [0.25, 0.3) is 110 Å². The molecule has 0 saturated carbocycles. The van der Waals surface area contributed by atoms with E-state index < -0.39 is 0 Å². The molecule has 1 heteroatoms. The highest BCUT2D eigenvalue weighted by atomic mass is 16.3. The second-order valence-electron chi connectivity index (χ2n) is 16.0. The van der Waals surface area contributed by atoms with Gasteiger partial charge in [0.2, 0.25) is 0 Å². The van der Waals surface area contributed by atoms with E-state index in [9.17, 15) is 0 Å². The summed E-state index contributed by atoms with van der Waals surface area (Å²) < 4.78 is 6.84. The molecule has 1 aliphatic rings. The molecule has 56 heavy (non-hydrogen) atoms. The van der Waals surface area contributed by atoms with Gasteiger partial charge in [-0.15, -0.1) is 0 Å². The fourth-order valence-electron chi connectivity index (χ4n) is 9.95. The lowest BCUT2D eigenvalue weighted by Crippen LogP contribution is -2.15. The molecule has 0 atom stereocenters. The van der Waals surface area contributed by atoms with Gasteiger partial charge < -0.3 is 4.42 Å². The van der Waals surface area contributed by atoms with Crippen LogP contribution in [0.4, 0.5) is 0 Å². The average molecular weight is 713 g/mol. The van der Waals surface area contributed by atoms with Crippen molar-refractivity contribution < 1.29 is 4.42 Å². The maximum Gasteiger partial charge on any atom is 0.140 e. The summed E-state index contributed by atoms with van der Waals surface area (Å²) in [6.45, 7) is 4.65. The standard InChI is InChI=1S/C55H36O/c1-55(2)49-21-10-9-16-41(49)46-26-27-47-48-31-37-24-23-36(30-40(37)32-50(48)56-54(47)53(46)55)35-14-11-15-38(29-35)51-42-17-5-7-19-44(42)52(45-20-8-6-18-43(45)51)39-25-22-33-12-3-4-13-34(33)28-39/h3-32H,1-2H3. The molecule has 1 heterocycles. The molecule has 10 aromatic carbocycles. The highest BCUT2D eigenvalue weighted by molar-refractivity contribution is 6.22. The zero-order valence-corrected chi connectivity index (χ0v) is 31.2. The molecular weight excluding hydrogens is 677 g/mol. The third-order valence-corrected chi connectivity index (χ3v) is 12.6. The third kappa shape index (κ3) is 4.43. The van der Waals surface area contributed by atoms with Gasteiger partial charge in [0.15, 0.2) is 0 Å². The summed E-state index contributed by atoms with van der Waals surface area (Å²) in [6, 6.07) is 67.2. The van der Waals surface area contributed by atoms with Crippen LogP contribution in [-0.2, 0) is 5.41 Å². The van der Waals surface area contributed by atoms with Gasteiger partial charge in [-0.2, -0.15) is 0 Å². The molecular formula is C55H36O. The van der Waals surface area contributed by atoms with Crippen molar-refractivity contribution in [2.45, 2.75) is 19.3 Å². The van der Waals surface area contributed by atoms with E-state index in [0.717, 1.165) is 11.2 Å². The number of hydrogen-bond acceptors (Lipinski definition) is 1. The van der Waals surface area contributed by atoms with E-state index in [0.29, 0.717) is 0 Å². The molecule has 0 radical (unpaired) electrons. The second-order valence-corrected chi connectivity index (χ2v) is 16.0. The smallest absolute Gasteiger partial charge is 0.140 e. The first-order valence-electron chi connectivity index (χ1n) is 19.6. The maximum atomic E-state index is 6.84. The first kappa shape index (κ1) is 31.4. The SMILES string of the molecule is CC1(C)c2ccccc2-c2ccc3c(oc4cc5cc(-c6cccc(-c7c8ccccc8c(-c8ccc9ccccc9c8)c8ccccc78)c6)ccc5cc43)c21. The fraction of sp³-hybridized carbons (Fsp3) is 0.0545. The Labute approximate surface area is 325 Å². The summed E-state index contributed by atoms with van der Waals surface area (Å²) in [5, 5.41) is 12.3. The van der Waals surface area contributed by atoms with Crippen LogP contribution < -0.4 is 0 Å². The van der Waals surface area contributed by atoms with E-state index in [2.05, 4.69) is 196 Å². The second kappa shape index (κ2) is 11.5. The quantitative estimate of drug-likeness (QED) is 0.166. The predicted octanol–water partition coefficient (Wildman–Crippen LogP) is 15.5. The zero-order chi connectivity index (χ0) is 37.1. The molecule has 0 unspecified atom stereocenters. The van der Waals surface area contributed by atoms with Gasteiger partial charge in [-0.05, 0) is 130 Å². The van der Waals surface area contributed by atoms with Crippen LogP contribution in [0.1, 0.15) is 25.0 Å². The van der Waals surface area contributed by atoms with Crippen molar-refractivity contribution in [1.82, 2.24) is 0 Å². The van der Waals surface area contributed by atoms with E-state index >= 15 is 0 Å². The van der Waals surface area contributed by atoms with Gasteiger partial charge in [0.25, 0.3) is 0 Å². The topological polar surface area (TPSA) is 13.1 Å². The first-order valence-corrected chi connectivity index (χ1v) is 19.6. The lowest BCUT2D eigenvalue weighted by Gasteiger charge is -2.21. The molecule has 0 N–H and O–H groups in total. The van der Waals surface area contributed by atoms with E-state index in [1.165, 1.54) is 109 Å². The van der Waals surface area contributed by atoms with Crippen molar-refractivity contribution in [3.63, 3.8) is 0 Å². The van der Waals surface area contributed by atoms with Gasteiger partial charge >= 0.3 is 0 Å². The molecule has 0 fully saturated rings. The Morgan fingerprint density at radius 1 is 0.357 bits per heavy atom. The van der Waals surface area contributed by atoms with Crippen LogP contribution in [0.2, 0.25) is 0 Å². The lowest BCUT2D eigenvalue weighted by atomic mass is 9.82. The minimum absolute atomic E-state index is 0.135. The molecule has 0 saturated heterocycles. The maximum absolute atomic E-state index is 6.84. The number of furan rings is 1. The molecule has 0 spiro atoms. The van der Waals surface area contributed by atoms with Crippen LogP contribution in [0.15, 0.2) is 186 Å². The highest BCUT2D eigenvalue weighted by Crippen LogP contribution is 2.53. The van der Waals surface area contributed by atoms with Crippen molar-refractivity contribution in [1.29, 1.82) is 0 Å². The summed E-state index contributed by atoms with van der Waals surface area (Å²) in [7, 11) is 0. The Morgan fingerprint density at radius 3 is 1.70 bits per heavy atom. The summed E-state index contributed by atoms with van der Waals surface area (Å²) >= 11 is 0. The monoisotopic (exact) mass is 712 g/mol. The van der Waals surface area contributed by atoms with Gasteiger partial charge in [0.1, 0.15) is 11.2 Å². The van der Waals surface area contributed by atoms with Crippen molar-refractivity contribution in [3.05, 3.63) is 193 Å². The minimum atomic E-state index is -0.135. The summed E-state index contributed by atoms with van der Waals surface area (Å²) in [5.41, 5.74) is 14.4. The van der Waals surface area contributed by atoms with Crippen LogP contribution in [-0.4, -0.2) is 0 Å². The van der Waals surface area contributed by atoms with Crippen molar-refractivity contribution in [3.8, 4) is 44.5 Å². The number of hydrogen-bond donors (Lipinski definition) is 0. The molecule has 0 amide bonds. The first-order chi connectivity index (χ1) is 27.5. The fourth-order valence-corrected chi connectivity index (χ4v) is 9.95. The van der Waals surface area contributed by atoms with Crippen LogP contribution >= 0.6 is 0 Å². The average Bonchev–Trinajstić information content (AvgIpc) is 3.72. The molecule has 0 aliphatic heterocycles. The Bertz CT molecular complexity index is 3390. The van der Waals surface area contributed by atoms with E-state index in [1.54, 1.807) is 0 Å². The van der Waals surface area contributed by atoms with Crippen molar-refractivity contribution >= 4 is 65.0 Å². The van der Waals surface area contributed by atoms with E-state index in [1.807, 2.05) is 0 Å². The minimum Gasteiger partial charge on any atom is -0.456 e. The van der Waals surface area contributed by atoms with Gasteiger partial charge in [-0.3, -0.25) is 0 Å². The van der Waals surface area contributed by atoms with E-state index in [-0.39, 0.29) is 5.41 Å². The number of fused-ring (bicyclic) bond motifs is 11. The Kier molecular flexibility index (Phi) is 6.46. The van der Waals surface area contributed by atoms with Gasteiger partial charge in [-0.25, -0.2) is 0 Å². The molecule has 1 nitrogen and oxygen atoms in total. The third-order valence-electron chi connectivity index (χ3n) is 12.6. The largest absolute Gasteiger partial charge is 0.456 e. The lowest BCUT2D eigenvalue weighted by molar-refractivity contribution is 0.620. The van der Waals surface area contributed by atoms with E-state index in [4.69, 9.17) is 4.42 Å². The summed E-state index contributed by atoms with van der Waals surface area (Å²) in [4.78, 5) is 0. The van der Waals surface area contributed by atoms with Gasteiger partial charge in [-0.1, -0.05) is 159 Å². The zero-order valence-electron chi connectivity index (χ0n) is 31.2. The molecule has 12 rings (SSSR count). The van der Waals surface area contributed by atoms with Crippen molar-refractivity contribution in [2.75, 3.05) is 0 Å². The number of rotatable bonds is 3. The Hall–Kier alpha value is -6.96. The van der Waals surface area contributed by atoms with Crippen LogP contribution in [0.3, 0.4) is 0 Å². The van der Waals surface area contributed by atoms with Crippen LogP contribution in [0, 0.1) is 0 Å². The molecule has 262 valence electrons. The highest BCUT2D eigenvalue weighted by Gasteiger charge is 2.38. The predicted molar refractivity (Wildman–Crippen MR) is 238 cm³/mol. The van der Waals surface area contributed by atoms with Gasteiger partial charge in [0, 0.05) is 21.8 Å². The molecule has 1 aliphatic carbocycles. The van der Waals surface area contributed by atoms with Crippen molar-refractivity contribution in [2.24, 2.45) is 0 Å². The Morgan fingerprint density at radius 2 is 0.929 bits per heavy atom. The Balaban J connectivity index is 1.00. The summed E-state index contributed by atoms with van der Waals surface area (Å²) in [5.74, 6) is 0. The normalized spacial score (nSPS) is 13.3. The molecule has 11 aromatic rings. The number of benzene rings is 10. The molecule has 0 bridgehead atoms. The molecule has 1 aromatic heterocycles.